The van der Waals surface area contributed by atoms with Gasteiger partial charge < -0.3 is 19.9 Å². The fourth-order valence-corrected chi connectivity index (χ4v) is 3.79. The minimum Gasteiger partial charge on any atom is -0.481 e. The second-order valence-electron chi connectivity index (χ2n) is 9.24. The van der Waals surface area contributed by atoms with Crippen molar-refractivity contribution in [3.05, 3.63) is 12.7 Å². The zero-order chi connectivity index (χ0) is 24.0. The Labute approximate surface area is 194 Å². The molecule has 2 N–H and O–H groups in total. The van der Waals surface area contributed by atoms with Gasteiger partial charge in [-0.25, -0.2) is 15.0 Å². The summed E-state index contributed by atoms with van der Waals surface area (Å²) in [7, 11) is 0. The summed E-state index contributed by atoms with van der Waals surface area (Å²) in [6, 6.07) is 0.469. The van der Waals surface area contributed by atoms with Crippen LogP contribution in [0, 0.1) is 11.8 Å². The van der Waals surface area contributed by atoms with Crippen molar-refractivity contribution in [2.24, 2.45) is 11.8 Å². The summed E-state index contributed by atoms with van der Waals surface area (Å²) in [4.78, 5) is 34.7. The van der Waals surface area contributed by atoms with Crippen molar-refractivity contribution in [2.45, 2.75) is 84.6 Å². The predicted octanol–water partition coefficient (Wildman–Crippen LogP) is 3.78. The number of carboxylic acid groups (broad SMARTS) is 1. The van der Waals surface area contributed by atoms with Gasteiger partial charge in [0, 0.05) is 6.04 Å². The first kappa shape index (κ1) is 24.9. The molecule has 10 heteroatoms. The van der Waals surface area contributed by atoms with Gasteiger partial charge in [-0.3, -0.25) is 14.2 Å². The molecule has 1 aliphatic carbocycles. The van der Waals surface area contributed by atoms with E-state index in [9.17, 15) is 9.59 Å². The second-order valence-corrected chi connectivity index (χ2v) is 9.24. The van der Waals surface area contributed by atoms with Crippen LogP contribution in [-0.2, 0) is 19.1 Å². The maximum absolute atomic E-state index is 11.6. The highest BCUT2D eigenvalue weighted by atomic mass is 16.6. The SMILES string of the molecule is CC(C)C(=O)O.CC(C)C(=O)OCC1CCC(n2cnc3c(NC4CCCC4)ncnc32)O1. The fourth-order valence-electron chi connectivity index (χ4n) is 3.79. The zero-order valence-corrected chi connectivity index (χ0v) is 19.9. The quantitative estimate of drug-likeness (QED) is 0.592. The minimum absolute atomic E-state index is 0.0897. The van der Waals surface area contributed by atoms with E-state index in [4.69, 9.17) is 14.6 Å². The molecule has 1 saturated carbocycles. The van der Waals surface area contributed by atoms with E-state index in [-0.39, 0.29) is 30.1 Å². The summed E-state index contributed by atoms with van der Waals surface area (Å²) in [5.74, 6) is -0.487. The molecule has 3 heterocycles. The van der Waals surface area contributed by atoms with Crippen LogP contribution in [0.25, 0.3) is 11.2 Å². The van der Waals surface area contributed by atoms with Gasteiger partial charge in [0.2, 0.25) is 0 Å². The van der Waals surface area contributed by atoms with Gasteiger partial charge in [-0.1, -0.05) is 40.5 Å². The predicted molar refractivity (Wildman–Crippen MR) is 123 cm³/mol. The molecule has 10 nitrogen and oxygen atoms in total. The summed E-state index contributed by atoms with van der Waals surface area (Å²) in [5, 5.41) is 11.5. The molecule has 2 aromatic heterocycles. The highest BCUT2D eigenvalue weighted by molar-refractivity contribution is 5.82. The normalized spacial score (nSPS) is 20.8. The van der Waals surface area contributed by atoms with E-state index in [1.165, 1.54) is 25.7 Å². The average Bonchev–Trinajstić information content (AvgIpc) is 3.53. The Hall–Kier alpha value is -2.75. The molecule has 33 heavy (non-hydrogen) atoms. The Kier molecular flexibility index (Phi) is 8.60. The van der Waals surface area contributed by atoms with Gasteiger partial charge in [-0.15, -0.1) is 0 Å². The molecule has 1 saturated heterocycles. The van der Waals surface area contributed by atoms with Crippen molar-refractivity contribution in [3.63, 3.8) is 0 Å². The number of ether oxygens (including phenoxy) is 2. The van der Waals surface area contributed by atoms with Crippen LogP contribution < -0.4 is 5.32 Å². The maximum atomic E-state index is 11.6. The summed E-state index contributed by atoms with van der Waals surface area (Å²) in [6.45, 7) is 7.23. The molecule has 4 rings (SSSR count). The number of rotatable bonds is 7. The number of carbonyl (C=O) groups is 2. The molecule has 2 aromatic rings. The third-order valence-electron chi connectivity index (χ3n) is 5.83. The number of nitrogens with zero attached hydrogens (tertiary/aromatic N) is 4. The number of fused-ring (bicyclic) bond motifs is 1. The van der Waals surface area contributed by atoms with Gasteiger partial charge in [-0.05, 0) is 25.7 Å². The van der Waals surface area contributed by atoms with Gasteiger partial charge >= 0.3 is 11.9 Å². The second kappa shape index (κ2) is 11.4. The Balaban J connectivity index is 0.000000454. The number of esters is 1. The number of hydrogen-bond donors (Lipinski definition) is 2. The van der Waals surface area contributed by atoms with Crippen LogP contribution in [0.2, 0.25) is 0 Å². The number of carbonyl (C=O) groups excluding carboxylic acids is 1. The van der Waals surface area contributed by atoms with Crippen molar-refractivity contribution in [3.8, 4) is 0 Å². The average molecular weight is 462 g/mol. The molecule has 182 valence electrons. The Bertz CT molecular complexity index is 938. The van der Waals surface area contributed by atoms with Gasteiger partial charge in [0.15, 0.2) is 17.0 Å². The molecule has 0 spiro atoms. The lowest BCUT2D eigenvalue weighted by Gasteiger charge is -2.16. The van der Waals surface area contributed by atoms with E-state index >= 15 is 0 Å². The van der Waals surface area contributed by atoms with E-state index in [2.05, 4.69) is 20.3 Å². The fraction of sp³-hybridized carbons (Fsp3) is 0.696. The molecule has 2 atom stereocenters. The first-order chi connectivity index (χ1) is 15.8. The molecular weight excluding hydrogens is 426 g/mol. The standard InChI is InChI=1S/C19H27N5O3.C4H8O2/c1-12(2)19(25)26-9-14-7-8-15(27-14)24-11-22-16-17(20-10-21-18(16)24)23-13-5-3-4-6-13;1-3(2)4(5)6/h10-15H,3-9H2,1-2H3,(H,20,21,23);3H,1-2H3,(H,5,6). The first-order valence-electron chi connectivity index (χ1n) is 11.7. The highest BCUT2D eigenvalue weighted by Crippen LogP contribution is 2.32. The molecule has 0 aromatic carbocycles. The van der Waals surface area contributed by atoms with E-state index in [0.29, 0.717) is 12.6 Å². The van der Waals surface area contributed by atoms with Crippen molar-refractivity contribution in [1.82, 2.24) is 19.5 Å². The molecule has 2 aliphatic rings. The van der Waals surface area contributed by atoms with Crippen LogP contribution in [0.1, 0.15) is 72.4 Å². The zero-order valence-electron chi connectivity index (χ0n) is 19.9. The molecule has 2 fully saturated rings. The lowest BCUT2D eigenvalue weighted by atomic mass is 10.2. The van der Waals surface area contributed by atoms with Crippen LogP contribution in [-0.4, -0.2) is 55.3 Å². The van der Waals surface area contributed by atoms with Crippen LogP contribution >= 0.6 is 0 Å². The Morgan fingerprint density at radius 3 is 2.45 bits per heavy atom. The minimum atomic E-state index is -0.741. The van der Waals surface area contributed by atoms with Crippen LogP contribution in [0.4, 0.5) is 5.82 Å². The van der Waals surface area contributed by atoms with Crippen molar-refractivity contribution in [2.75, 3.05) is 11.9 Å². The summed E-state index contributed by atoms with van der Waals surface area (Å²) in [5.41, 5.74) is 1.55. The molecule has 1 aliphatic heterocycles. The number of anilines is 1. The van der Waals surface area contributed by atoms with Gasteiger partial charge in [0.25, 0.3) is 0 Å². The third-order valence-corrected chi connectivity index (χ3v) is 5.83. The lowest BCUT2D eigenvalue weighted by Crippen LogP contribution is -2.21. The Morgan fingerprint density at radius 1 is 1.12 bits per heavy atom. The van der Waals surface area contributed by atoms with Crippen molar-refractivity contribution >= 4 is 28.9 Å². The highest BCUT2D eigenvalue weighted by Gasteiger charge is 2.29. The van der Waals surface area contributed by atoms with Gasteiger partial charge in [-0.2, -0.15) is 0 Å². The number of hydrogen-bond acceptors (Lipinski definition) is 8. The van der Waals surface area contributed by atoms with E-state index in [1.807, 2.05) is 18.4 Å². The summed E-state index contributed by atoms with van der Waals surface area (Å²) in [6.07, 6.45) is 9.67. The molecular formula is C23H35N5O5. The van der Waals surface area contributed by atoms with Gasteiger partial charge in [0.05, 0.1) is 24.3 Å². The number of nitrogens with one attached hydrogen (secondary N) is 1. The monoisotopic (exact) mass is 461 g/mol. The number of aromatic nitrogens is 4. The van der Waals surface area contributed by atoms with Crippen molar-refractivity contribution < 1.29 is 24.2 Å². The lowest BCUT2D eigenvalue weighted by molar-refractivity contribution is -0.152. The number of carboxylic acids is 1. The topological polar surface area (TPSA) is 128 Å². The molecule has 0 amide bonds. The third kappa shape index (κ3) is 6.63. The number of aliphatic carboxylic acids is 1. The Morgan fingerprint density at radius 2 is 1.82 bits per heavy atom. The summed E-state index contributed by atoms with van der Waals surface area (Å²) >= 11 is 0. The van der Waals surface area contributed by atoms with Gasteiger partial charge in [0.1, 0.15) is 19.2 Å². The van der Waals surface area contributed by atoms with Crippen molar-refractivity contribution in [1.29, 1.82) is 0 Å². The molecule has 2 unspecified atom stereocenters. The van der Waals surface area contributed by atoms with Crippen LogP contribution in [0.3, 0.4) is 0 Å². The van der Waals surface area contributed by atoms with E-state index in [1.54, 1.807) is 26.5 Å². The number of imidazole rings is 1. The largest absolute Gasteiger partial charge is 0.481 e. The molecule has 0 radical (unpaired) electrons. The summed E-state index contributed by atoms with van der Waals surface area (Å²) < 4.78 is 13.4. The smallest absolute Gasteiger partial charge is 0.308 e. The molecule has 0 bridgehead atoms. The van der Waals surface area contributed by atoms with E-state index < -0.39 is 5.97 Å². The van der Waals surface area contributed by atoms with Crippen LogP contribution in [0.15, 0.2) is 12.7 Å². The first-order valence-corrected chi connectivity index (χ1v) is 11.7. The van der Waals surface area contributed by atoms with Crippen LogP contribution in [0.5, 0.6) is 0 Å². The van der Waals surface area contributed by atoms with E-state index in [0.717, 1.165) is 29.8 Å². The maximum Gasteiger partial charge on any atom is 0.308 e.